The van der Waals surface area contributed by atoms with E-state index in [1.165, 1.54) is 5.56 Å². The molecule has 1 amide bonds. The SMILES string of the molecule is CC(=O)N1CCC(N[C@@H]2CCOC2)=C(C(=N)N2CCc3cc(-c4cnn(C)c4)ccc32)C1. The van der Waals surface area contributed by atoms with Crippen molar-refractivity contribution in [3.63, 3.8) is 0 Å². The van der Waals surface area contributed by atoms with Crippen molar-refractivity contribution in [2.75, 3.05) is 37.7 Å². The van der Waals surface area contributed by atoms with Crippen molar-refractivity contribution in [3.05, 3.63) is 47.4 Å². The Labute approximate surface area is 188 Å². The summed E-state index contributed by atoms with van der Waals surface area (Å²) < 4.78 is 7.34. The number of ether oxygens (including phenoxy) is 1. The monoisotopic (exact) mass is 434 g/mol. The zero-order valence-corrected chi connectivity index (χ0v) is 18.7. The molecule has 0 spiro atoms. The van der Waals surface area contributed by atoms with Gasteiger partial charge in [-0.2, -0.15) is 5.10 Å². The molecule has 0 radical (unpaired) electrons. The summed E-state index contributed by atoms with van der Waals surface area (Å²) in [5, 5.41) is 17.0. The molecule has 1 fully saturated rings. The van der Waals surface area contributed by atoms with Gasteiger partial charge in [0.05, 0.1) is 25.4 Å². The third-order valence-electron chi connectivity index (χ3n) is 6.67. The van der Waals surface area contributed by atoms with Crippen molar-refractivity contribution >= 4 is 17.4 Å². The van der Waals surface area contributed by atoms with Crippen LogP contribution in [0.4, 0.5) is 5.69 Å². The molecule has 2 N–H and O–H groups in total. The zero-order valence-electron chi connectivity index (χ0n) is 18.7. The number of hydrogen-bond acceptors (Lipinski definition) is 5. The summed E-state index contributed by atoms with van der Waals surface area (Å²) in [4.78, 5) is 16.0. The van der Waals surface area contributed by atoms with Crippen molar-refractivity contribution in [2.24, 2.45) is 7.05 Å². The van der Waals surface area contributed by atoms with Crippen molar-refractivity contribution in [3.8, 4) is 11.1 Å². The highest BCUT2D eigenvalue weighted by Crippen LogP contribution is 2.34. The average molecular weight is 435 g/mol. The summed E-state index contributed by atoms with van der Waals surface area (Å²) in [5.41, 5.74) is 6.58. The molecule has 4 heterocycles. The van der Waals surface area contributed by atoms with Gasteiger partial charge in [-0.15, -0.1) is 0 Å². The van der Waals surface area contributed by atoms with Gasteiger partial charge in [0.2, 0.25) is 5.91 Å². The van der Waals surface area contributed by atoms with Gasteiger partial charge in [0.1, 0.15) is 5.84 Å². The highest BCUT2D eigenvalue weighted by Gasteiger charge is 2.31. The highest BCUT2D eigenvalue weighted by atomic mass is 16.5. The Hall–Kier alpha value is -3.13. The Morgan fingerprint density at radius 2 is 2.12 bits per heavy atom. The van der Waals surface area contributed by atoms with Gasteiger partial charge in [0.25, 0.3) is 0 Å². The van der Waals surface area contributed by atoms with E-state index in [4.69, 9.17) is 10.1 Å². The Morgan fingerprint density at radius 1 is 1.25 bits per heavy atom. The van der Waals surface area contributed by atoms with E-state index < -0.39 is 0 Å². The molecule has 8 nitrogen and oxygen atoms in total. The topological polar surface area (TPSA) is 86.5 Å². The molecule has 32 heavy (non-hydrogen) atoms. The minimum Gasteiger partial charge on any atom is -0.383 e. The van der Waals surface area contributed by atoms with Gasteiger partial charge in [-0.3, -0.25) is 14.9 Å². The molecule has 3 aliphatic rings. The fourth-order valence-corrected chi connectivity index (χ4v) is 4.85. The van der Waals surface area contributed by atoms with Crippen LogP contribution in [0.5, 0.6) is 0 Å². The summed E-state index contributed by atoms with van der Waals surface area (Å²) in [6, 6.07) is 6.72. The van der Waals surface area contributed by atoms with Gasteiger partial charge in [-0.05, 0) is 36.1 Å². The van der Waals surface area contributed by atoms with Gasteiger partial charge in [0, 0.05) is 68.8 Å². The highest BCUT2D eigenvalue weighted by molar-refractivity contribution is 6.10. The van der Waals surface area contributed by atoms with Crippen LogP contribution >= 0.6 is 0 Å². The van der Waals surface area contributed by atoms with Crippen LogP contribution < -0.4 is 10.2 Å². The maximum Gasteiger partial charge on any atom is 0.219 e. The van der Waals surface area contributed by atoms with Crippen molar-refractivity contribution in [1.82, 2.24) is 20.0 Å². The summed E-state index contributed by atoms with van der Waals surface area (Å²) in [7, 11) is 1.92. The van der Waals surface area contributed by atoms with Crippen molar-refractivity contribution in [1.29, 1.82) is 5.41 Å². The first-order valence-corrected chi connectivity index (χ1v) is 11.3. The number of amidine groups is 1. The summed E-state index contributed by atoms with van der Waals surface area (Å²) in [5.74, 6) is 0.548. The van der Waals surface area contributed by atoms with Crippen LogP contribution in [0.1, 0.15) is 25.3 Å². The van der Waals surface area contributed by atoms with Gasteiger partial charge in [-0.25, -0.2) is 0 Å². The molecule has 5 rings (SSSR count). The van der Waals surface area contributed by atoms with Crippen LogP contribution in [0.3, 0.4) is 0 Å². The van der Waals surface area contributed by atoms with Gasteiger partial charge in [0.15, 0.2) is 0 Å². The summed E-state index contributed by atoms with van der Waals surface area (Å²) in [6.45, 7) is 5.01. The van der Waals surface area contributed by atoms with Crippen LogP contribution in [0.25, 0.3) is 11.1 Å². The smallest absolute Gasteiger partial charge is 0.219 e. The molecule has 3 aliphatic heterocycles. The maximum atomic E-state index is 12.1. The number of aryl methyl sites for hydroxylation is 1. The summed E-state index contributed by atoms with van der Waals surface area (Å²) >= 11 is 0. The van der Waals surface area contributed by atoms with Gasteiger partial charge in [-0.1, -0.05) is 6.07 Å². The largest absolute Gasteiger partial charge is 0.383 e. The number of amides is 1. The number of fused-ring (bicyclic) bond motifs is 1. The number of carbonyl (C=O) groups excluding carboxylic acids is 1. The number of nitrogens with zero attached hydrogens (tertiary/aromatic N) is 4. The lowest BCUT2D eigenvalue weighted by Crippen LogP contribution is -2.44. The number of rotatable bonds is 4. The molecule has 2 aromatic rings. The molecule has 8 heteroatoms. The number of anilines is 1. The first kappa shape index (κ1) is 20.8. The molecule has 0 aliphatic carbocycles. The van der Waals surface area contributed by atoms with Crippen LogP contribution in [0.15, 0.2) is 41.9 Å². The number of carbonyl (C=O) groups is 1. The Bertz CT molecular complexity index is 1080. The van der Waals surface area contributed by atoms with E-state index in [0.29, 0.717) is 25.5 Å². The fourth-order valence-electron chi connectivity index (χ4n) is 4.85. The van der Waals surface area contributed by atoms with E-state index in [-0.39, 0.29) is 11.9 Å². The lowest BCUT2D eigenvalue weighted by Gasteiger charge is -2.34. The number of hydrogen-bond donors (Lipinski definition) is 2. The van der Waals surface area contributed by atoms with Crippen molar-refractivity contribution in [2.45, 2.75) is 32.2 Å². The van der Waals surface area contributed by atoms with Crippen LogP contribution in [-0.2, 0) is 23.0 Å². The van der Waals surface area contributed by atoms with E-state index in [0.717, 1.165) is 60.5 Å². The van der Waals surface area contributed by atoms with E-state index >= 15 is 0 Å². The molecule has 1 saturated heterocycles. The van der Waals surface area contributed by atoms with E-state index in [2.05, 4.69) is 33.5 Å². The number of benzene rings is 1. The fraction of sp³-hybridized carbons (Fsp3) is 0.458. The predicted molar refractivity (Wildman–Crippen MR) is 124 cm³/mol. The first-order valence-electron chi connectivity index (χ1n) is 11.3. The third kappa shape index (κ3) is 3.90. The minimum absolute atomic E-state index is 0.0569. The Morgan fingerprint density at radius 3 is 2.84 bits per heavy atom. The van der Waals surface area contributed by atoms with Crippen molar-refractivity contribution < 1.29 is 9.53 Å². The van der Waals surface area contributed by atoms with Gasteiger partial charge >= 0.3 is 0 Å². The minimum atomic E-state index is 0.0569. The molecule has 1 aromatic heterocycles. The normalized spacial score (nSPS) is 20.6. The quantitative estimate of drug-likeness (QED) is 0.570. The summed E-state index contributed by atoms with van der Waals surface area (Å²) in [6.07, 6.45) is 6.52. The van der Waals surface area contributed by atoms with Crippen LogP contribution in [0, 0.1) is 5.41 Å². The number of aromatic nitrogens is 2. The second kappa shape index (κ2) is 8.43. The molecule has 168 valence electrons. The second-order valence-corrected chi connectivity index (χ2v) is 8.85. The molecule has 0 unspecified atom stereocenters. The second-order valence-electron chi connectivity index (χ2n) is 8.85. The Kier molecular flexibility index (Phi) is 5.46. The molecule has 0 bridgehead atoms. The standard InChI is InChI=1S/C24H30N6O2/c1-16(31)29-8-6-22(27-20-7-10-32-15-20)21(14-29)24(25)30-9-5-18-11-17(3-4-23(18)30)19-12-26-28(2)13-19/h3-4,11-13,20,25,27H,5-10,14-15H2,1-2H3/t20-/m1/s1. The van der Waals surface area contributed by atoms with E-state index in [9.17, 15) is 4.79 Å². The third-order valence-corrected chi connectivity index (χ3v) is 6.67. The predicted octanol–water partition coefficient (Wildman–Crippen LogP) is 2.31. The molecule has 1 atom stereocenters. The average Bonchev–Trinajstić information content (AvgIpc) is 3.54. The first-order chi connectivity index (χ1) is 15.5. The zero-order chi connectivity index (χ0) is 22.2. The molecular formula is C24H30N6O2. The molecule has 1 aromatic carbocycles. The lowest BCUT2D eigenvalue weighted by molar-refractivity contribution is -0.128. The van der Waals surface area contributed by atoms with E-state index in [1.54, 1.807) is 6.92 Å². The van der Waals surface area contributed by atoms with Crippen LogP contribution in [0.2, 0.25) is 0 Å². The number of nitrogens with one attached hydrogen (secondary N) is 2. The Balaban J connectivity index is 1.42. The lowest BCUT2D eigenvalue weighted by atomic mass is 10.0. The maximum absolute atomic E-state index is 12.1. The van der Waals surface area contributed by atoms with Gasteiger partial charge < -0.3 is 19.9 Å². The molecule has 0 saturated carbocycles. The van der Waals surface area contributed by atoms with Crippen LogP contribution in [-0.4, -0.2) is 65.3 Å². The molecular weight excluding hydrogens is 404 g/mol. The van der Waals surface area contributed by atoms with E-state index in [1.807, 2.05) is 29.0 Å².